The first kappa shape index (κ1) is 22.6. The van der Waals surface area contributed by atoms with E-state index in [1.807, 2.05) is 38.1 Å². The molecule has 3 aromatic rings. The number of fused-ring (bicyclic) bond motifs is 3. The van der Waals surface area contributed by atoms with Gasteiger partial charge in [0.15, 0.2) is 5.16 Å². The molecule has 0 bridgehead atoms. The molecule has 6 nitrogen and oxygen atoms in total. The number of benzene rings is 1. The molecule has 0 saturated heterocycles. The minimum atomic E-state index is -0.414. The van der Waals surface area contributed by atoms with Gasteiger partial charge in [-0.2, -0.15) is 0 Å². The number of thiophene rings is 1. The number of nitrogens with zero attached hydrogens (tertiary/aromatic N) is 2. The summed E-state index contributed by atoms with van der Waals surface area (Å²) in [7, 11) is 0. The van der Waals surface area contributed by atoms with Gasteiger partial charge in [0, 0.05) is 11.4 Å². The zero-order chi connectivity index (χ0) is 22.7. The lowest BCUT2D eigenvalue weighted by molar-refractivity contribution is -0.120. The number of ether oxygens (including phenoxy) is 1. The Kier molecular flexibility index (Phi) is 7.01. The third-order valence-corrected chi connectivity index (χ3v) is 7.67. The molecule has 1 aliphatic rings. The number of rotatable bonds is 8. The number of hydrogen-bond acceptors (Lipinski definition) is 6. The molecule has 1 amide bonds. The van der Waals surface area contributed by atoms with Crippen molar-refractivity contribution in [3.8, 4) is 11.4 Å². The molecule has 32 heavy (non-hydrogen) atoms. The Morgan fingerprint density at radius 2 is 2.09 bits per heavy atom. The van der Waals surface area contributed by atoms with E-state index in [-0.39, 0.29) is 11.5 Å². The van der Waals surface area contributed by atoms with Crippen molar-refractivity contribution in [2.45, 2.75) is 49.9 Å². The number of aromatic nitrogens is 2. The second-order valence-electron chi connectivity index (χ2n) is 7.65. The Morgan fingerprint density at radius 3 is 2.81 bits per heavy atom. The van der Waals surface area contributed by atoms with Crippen LogP contribution in [0.2, 0.25) is 0 Å². The molecule has 0 fully saturated rings. The van der Waals surface area contributed by atoms with E-state index in [0.717, 1.165) is 47.2 Å². The van der Waals surface area contributed by atoms with Crippen LogP contribution in [0.15, 0.2) is 46.9 Å². The Balaban J connectivity index is 1.83. The Labute approximate surface area is 195 Å². The molecule has 0 aliphatic heterocycles. The lowest BCUT2D eigenvalue weighted by atomic mass is 9.97. The van der Waals surface area contributed by atoms with Gasteiger partial charge in [-0.05, 0) is 69.4 Å². The highest BCUT2D eigenvalue weighted by Crippen LogP contribution is 2.36. The number of thioether (sulfide) groups is 1. The van der Waals surface area contributed by atoms with Gasteiger partial charge in [0.2, 0.25) is 5.91 Å². The molecule has 2 aromatic heterocycles. The number of aryl methyl sites for hydroxylation is 2. The normalized spacial score (nSPS) is 14.1. The fraction of sp³-hybridized carbons (Fsp3) is 0.375. The minimum absolute atomic E-state index is 0.0697. The highest BCUT2D eigenvalue weighted by Gasteiger charge is 2.25. The summed E-state index contributed by atoms with van der Waals surface area (Å²) in [6, 6.07) is 7.44. The topological polar surface area (TPSA) is 73.2 Å². The summed E-state index contributed by atoms with van der Waals surface area (Å²) in [4.78, 5) is 33.2. The maximum atomic E-state index is 13.8. The monoisotopic (exact) mass is 469 g/mol. The van der Waals surface area contributed by atoms with E-state index < -0.39 is 5.25 Å². The Bertz CT molecular complexity index is 1200. The van der Waals surface area contributed by atoms with E-state index >= 15 is 0 Å². The van der Waals surface area contributed by atoms with Gasteiger partial charge in [0.1, 0.15) is 10.6 Å². The molecule has 0 radical (unpaired) electrons. The number of nitrogens with one attached hydrogen (secondary N) is 1. The molecule has 4 rings (SSSR count). The molecule has 1 N–H and O–H groups in total. The van der Waals surface area contributed by atoms with Gasteiger partial charge in [0.25, 0.3) is 5.56 Å². The van der Waals surface area contributed by atoms with Crippen LogP contribution in [-0.4, -0.2) is 33.9 Å². The second kappa shape index (κ2) is 9.92. The van der Waals surface area contributed by atoms with Gasteiger partial charge in [0.05, 0.1) is 22.9 Å². The first-order valence-electron chi connectivity index (χ1n) is 10.9. The van der Waals surface area contributed by atoms with Gasteiger partial charge >= 0.3 is 0 Å². The van der Waals surface area contributed by atoms with Crippen LogP contribution in [0.4, 0.5) is 0 Å². The van der Waals surface area contributed by atoms with Gasteiger partial charge in [-0.1, -0.05) is 17.8 Å². The first-order valence-corrected chi connectivity index (χ1v) is 12.6. The standard InChI is InChI=1S/C24H27N3O3S2/c1-4-14-25-21(28)15(3)31-24-26-22-20(18-8-6-7-9-19(18)32-22)23(29)27(24)16-10-12-17(13-11-16)30-5-2/h4,10-13,15H,1,5-9,14H2,2-3H3,(H,25,28). The van der Waals surface area contributed by atoms with E-state index in [4.69, 9.17) is 9.72 Å². The first-order chi connectivity index (χ1) is 15.5. The van der Waals surface area contributed by atoms with Crippen molar-refractivity contribution in [2.24, 2.45) is 0 Å². The number of carbonyl (C=O) groups is 1. The molecule has 168 valence electrons. The van der Waals surface area contributed by atoms with Crippen molar-refractivity contribution in [3.05, 3.63) is 57.7 Å². The summed E-state index contributed by atoms with van der Waals surface area (Å²) in [5.41, 5.74) is 1.80. The highest BCUT2D eigenvalue weighted by atomic mass is 32.2. The number of hydrogen-bond donors (Lipinski definition) is 1. The van der Waals surface area contributed by atoms with Crippen LogP contribution in [-0.2, 0) is 17.6 Å². The van der Waals surface area contributed by atoms with Crippen LogP contribution in [0.1, 0.15) is 37.1 Å². The van der Waals surface area contributed by atoms with Crippen LogP contribution >= 0.6 is 23.1 Å². The van der Waals surface area contributed by atoms with E-state index in [1.165, 1.54) is 16.6 Å². The molecule has 1 atom stereocenters. The van der Waals surface area contributed by atoms with E-state index in [9.17, 15) is 9.59 Å². The summed E-state index contributed by atoms with van der Waals surface area (Å²) in [6.45, 7) is 8.37. The third-order valence-electron chi connectivity index (χ3n) is 5.44. The van der Waals surface area contributed by atoms with E-state index in [0.29, 0.717) is 24.0 Å². The Hall–Kier alpha value is -2.58. The van der Waals surface area contributed by atoms with Crippen molar-refractivity contribution in [1.82, 2.24) is 14.9 Å². The van der Waals surface area contributed by atoms with E-state index in [1.54, 1.807) is 22.0 Å². The largest absolute Gasteiger partial charge is 0.494 e. The number of carbonyl (C=O) groups excluding carboxylic acids is 1. The molecule has 0 spiro atoms. The van der Waals surface area contributed by atoms with Crippen molar-refractivity contribution < 1.29 is 9.53 Å². The van der Waals surface area contributed by atoms with Crippen LogP contribution in [0.25, 0.3) is 15.9 Å². The maximum Gasteiger partial charge on any atom is 0.267 e. The van der Waals surface area contributed by atoms with Gasteiger partial charge in [-0.15, -0.1) is 17.9 Å². The van der Waals surface area contributed by atoms with Gasteiger partial charge < -0.3 is 10.1 Å². The minimum Gasteiger partial charge on any atom is -0.494 e. The molecular weight excluding hydrogens is 442 g/mol. The summed E-state index contributed by atoms with van der Waals surface area (Å²) in [5, 5.41) is 3.65. The molecule has 1 aromatic carbocycles. The smallest absolute Gasteiger partial charge is 0.267 e. The van der Waals surface area contributed by atoms with Crippen LogP contribution in [0.5, 0.6) is 5.75 Å². The number of amides is 1. The quantitative estimate of drug-likeness (QED) is 0.299. The zero-order valence-electron chi connectivity index (χ0n) is 18.3. The molecule has 1 aliphatic carbocycles. The SMILES string of the molecule is C=CCNC(=O)C(C)Sc1nc2sc3c(c2c(=O)n1-c1ccc(OCC)cc1)CCCC3. The molecular formula is C24H27N3O3S2. The predicted molar refractivity (Wildman–Crippen MR) is 132 cm³/mol. The van der Waals surface area contributed by atoms with Crippen molar-refractivity contribution in [2.75, 3.05) is 13.2 Å². The van der Waals surface area contributed by atoms with Gasteiger partial charge in [-0.3, -0.25) is 14.2 Å². The third kappa shape index (κ3) is 4.47. The Morgan fingerprint density at radius 1 is 1.34 bits per heavy atom. The van der Waals surface area contributed by atoms with Crippen LogP contribution in [0, 0.1) is 0 Å². The van der Waals surface area contributed by atoms with Crippen LogP contribution in [0.3, 0.4) is 0 Å². The second-order valence-corrected chi connectivity index (χ2v) is 10.0. The van der Waals surface area contributed by atoms with Crippen molar-refractivity contribution >= 4 is 39.2 Å². The maximum absolute atomic E-state index is 13.8. The molecule has 8 heteroatoms. The zero-order valence-corrected chi connectivity index (χ0v) is 20.0. The van der Waals surface area contributed by atoms with Gasteiger partial charge in [-0.25, -0.2) is 4.98 Å². The molecule has 2 heterocycles. The highest BCUT2D eigenvalue weighted by molar-refractivity contribution is 8.00. The predicted octanol–water partition coefficient (Wildman–Crippen LogP) is 4.51. The van der Waals surface area contributed by atoms with Crippen molar-refractivity contribution in [3.63, 3.8) is 0 Å². The average Bonchev–Trinajstić information content (AvgIpc) is 3.17. The van der Waals surface area contributed by atoms with Crippen LogP contribution < -0.4 is 15.6 Å². The van der Waals surface area contributed by atoms with Crippen molar-refractivity contribution in [1.29, 1.82) is 0 Å². The van der Waals surface area contributed by atoms with E-state index in [2.05, 4.69) is 11.9 Å². The fourth-order valence-corrected chi connectivity index (χ4v) is 6.13. The fourth-order valence-electron chi connectivity index (χ4n) is 3.88. The summed E-state index contributed by atoms with van der Waals surface area (Å²) < 4.78 is 7.20. The molecule has 0 saturated carbocycles. The lowest BCUT2D eigenvalue weighted by Gasteiger charge is -2.16. The molecule has 1 unspecified atom stereocenters. The average molecular weight is 470 g/mol. The summed E-state index contributed by atoms with van der Waals surface area (Å²) in [6.07, 6.45) is 5.81. The summed E-state index contributed by atoms with van der Waals surface area (Å²) in [5.74, 6) is 0.630. The summed E-state index contributed by atoms with van der Waals surface area (Å²) >= 11 is 2.91. The lowest BCUT2D eigenvalue weighted by Crippen LogP contribution is -2.32.